The van der Waals surface area contributed by atoms with Gasteiger partial charge in [-0.15, -0.1) is 0 Å². The van der Waals surface area contributed by atoms with Crippen LogP contribution in [0.3, 0.4) is 0 Å². The van der Waals surface area contributed by atoms with Crippen LogP contribution < -0.4 is 0 Å². The first-order chi connectivity index (χ1) is 10.1. The second-order valence-corrected chi connectivity index (χ2v) is 8.04. The van der Waals surface area contributed by atoms with Crippen LogP contribution >= 0.6 is 11.6 Å². The van der Waals surface area contributed by atoms with Crippen LogP contribution in [0.4, 0.5) is 0 Å². The van der Waals surface area contributed by atoms with E-state index in [0.717, 1.165) is 25.9 Å². The molecule has 3 heterocycles. The quantitative estimate of drug-likeness (QED) is 0.796. The Kier molecular flexibility index (Phi) is 4.49. The Labute approximate surface area is 131 Å². The third-order valence-corrected chi connectivity index (χ3v) is 6.42. The molecule has 0 spiro atoms. The summed E-state index contributed by atoms with van der Waals surface area (Å²) in [5.74, 6) is 0. The predicted octanol–water partition coefficient (Wildman–Crippen LogP) is 1.98. The molecular weight excluding hydrogens is 310 g/mol. The third-order valence-electron chi connectivity index (χ3n) is 4.35. The molecule has 1 unspecified atom stereocenters. The Bertz CT molecular complexity index is 602. The molecule has 0 amide bonds. The fraction of sp³-hybridized carbons (Fsp3) is 0.643. The van der Waals surface area contributed by atoms with Gasteiger partial charge in [-0.3, -0.25) is 4.90 Å². The number of hydrogen-bond donors (Lipinski definition) is 0. The van der Waals surface area contributed by atoms with Crippen LogP contribution in [-0.2, 0) is 10.0 Å². The summed E-state index contributed by atoms with van der Waals surface area (Å²) in [5, 5.41) is 0.212. The summed E-state index contributed by atoms with van der Waals surface area (Å²) in [4.78, 5) is 6.52. The number of nitrogens with zero attached hydrogens (tertiary/aromatic N) is 3. The highest BCUT2D eigenvalue weighted by Gasteiger charge is 2.33. The molecule has 116 valence electrons. The minimum absolute atomic E-state index is 0.212. The van der Waals surface area contributed by atoms with E-state index < -0.39 is 10.0 Å². The molecule has 2 aliphatic rings. The average Bonchev–Trinajstić information content (AvgIpc) is 3.02. The lowest BCUT2D eigenvalue weighted by Crippen LogP contribution is -2.48. The van der Waals surface area contributed by atoms with Crippen LogP contribution in [0.25, 0.3) is 0 Å². The highest BCUT2D eigenvalue weighted by Crippen LogP contribution is 2.25. The molecule has 7 heteroatoms. The minimum atomic E-state index is -3.46. The number of likely N-dealkylation sites (tertiary alicyclic amines) is 1. The number of aromatic nitrogens is 1. The summed E-state index contributed by atoms with van der Waals surface area (Å²) >= 11 is 5.82. The van der Waals surface area contributed by atoms with Gasteiger partial charge in [0.25, 0.3) is 0 Å². The van der Waals surface area contributed by atoms with Crippen LogP contribution in [0, 0.1) is 0 Å². The fourth-order valence-corrected chi connectivity index (χ4v) is 5.01. The van der Waals surface area contributed by atoms with Gasteiger partial charge in [-0.1, -0.05) is 11.6 Å². The van der Waals surface area contributed by atoms with Crippen LogP contribution in [0.15, 0.2) is 23.2 Å². The predicted molar refractivity (Wildman–Crippen MR) is 81.8 cm³/mol. The summed E-state index contributed by atoms with van der Waals surface area (Å²) in [5.41, 5.74) is 0. The van der Waals surface area contributed by atoms with Gasteiger partial charge >= 0.3 is 0 Å². The van der Waals surface area contributed by atoms with E-state index in [2.05, 4.69) is 9.88 Å². The average molecular weight is 330 g/mol. The topological polar surface area (TPSA) is 53.5 Å². The highest BCUT2D eigenvalue weighted by molar-refractivity contribution is 7.89. The molecule has 1 aromatic heterocycles. The summed E-state index contributed by atoms with van der Waals surface area (Å²) in [6.45, 7) is 3.37. The summed E-state index contributed by atoms with van der Waals surface area (Å²) in [6, 6.07) is 3.30. The molecule has 5 nitrogen and oxygen atoms in total. The van der Waals surface area contributed by atoms with Crippen molar-refractivity contribution in [1.82, 2.24) is 14.2 Å². The first kappa shape index (κ1) is 15.2. The van der Waals surface area contributed by atoms with Crippen molar-refractivity contribution in [3.05, 3.63) is 23.5 Å². The maximum absolute atomic E-state index is 12.7. The zero-order chi connectivity index (χ0) is 14.9. The van der Waals surface area contributed by atoms with E-state index in [9.17, 15) is 8.42 Å². The number of pyridine rings is 1. The van der Waals surface area contributed by atoms with Crippen LogP contribution in [0.1, 0.15) is 25.7 Å². The van der Waals surface area contributed by atoms with Crippen molar-refractivity contribution < 1.29 is 8.42 Å². The molecule has 2 aliphatic heterocycles. The molecule has 2 fully saturated rings. The lowest BCUT2D eigenvalue weighted by Gasteiger charge is -2.36. The number of sulfonamides is 1. The number of hydrogen-bond acceptors (Lipinski definition) is 4. The zero-order valence-corrected chi connectivity index (χ0v) is 13.5. The molecule has 0 aromatic carbocycles. The Morgan fingerprint density at radius 1 is 1.19 bits per heavy atom. The van der Waals surface area contributed by atoms with E-state index in [1.807, 2.05) is 0 Å². The van der Waals surface area contributed by atoms with Gasteiger partial charge in [-0.25, -0.2) is 13.4 Å². The second kappa shape index (κ2) is 6.20. The van der Waals surface area contributed by atoms with E-state index in [0.29, 0.717) is 19.1 Å². The normalized spacial score (nSPS) is 25.3. The van der Waals surface area contributed by atoms with Gasteiger partial charge in [0.05, 0.1) is 4.90 Å². The Balaban J connectivity index is 1.78. The second-order valence-electron chi connectivity index (χ2n) is 5.72. The van der Waals surface area contributed by atoms with Crippen molar-refractivity contribution in [2.24, 2.45) is 0 Å². The molecule has 21 heavy (non-hydrogen) atoms. The Morgan fingerprint density at radius 3 is 2.67 bits per heavy atom. The molecule has 0 radical (unpaired) electrons. The van der Waals surface area contributed by atoms with Crippen LogP contribution in [0.2, 0.25) is 5.15 Å². The first-order valence-corrected chi connectivity index (χ1v) is 9.25. The van der Waals surface area contributed by atoms with Gasteiger partial charge < -0.3 is 0 Å². The van der Waals surface area contributed by atoms with Crippen LogP contribution in [-0.4, -0.2) is 54.8 Å². The van der Waals surface area contributed by atoms with Crippen LogP contribution in [0.5, 0.6) is 0 Å². The van der Waals surface area contributed by atoms with Crippen molar-refractivity contribution in [2.45, 2.75) is 36.6 Å². The number of piperidine rings is 1. The maximum atomic E-state index is 12.7. The Morgan fingerprint density at radius 2 is 1.95 bits per heavy atom. The minimum Gasteiger partial charge on any atom is -0.299 e. The van der Waals surface area contributed by atoms with E-state index in [-0.39, 0.29) is 10.0 Å². The third kappa shape index (κ3) is 3.23. The van der Waals surface area contributed by atoms with Crippen molar-refractivity contribution in [3.63, 3.8) is 0 Å². The summed E-state index contributed by atoms with van der Waals surface area (Å²) in [7, 11) is -3.46. The van der Waals surface area contributed by atoms with Crippen molar-refractivity contribution >= 4 is 21.6 Å². The van der Waals surface area contributed by atoms with Crippen molar-refractivity contribution in [1.29, 1.82) is 0 Å². The van der Waals surface area contributed by atoms with Gasteiger partial charge in [0, 0.05) is 25.3 Å². The molecule has 2 saturated heterocycles. The summed E-state index contributed by atoms with van der Waals surface area (Å²) < 4.78 is 27.0. The van der Waals surface area contributed by atoms with Gasteiger partial charge in [-0.05, 0) is 50.9 Å². The molecule has 1 atom stereocenters. The van der Waals surface area contributed by atoms with Gasteiger partial charge in [0.15, 0.2) is 0 Å². The SMILES string of the molecule is O=S(=O)(c1ccnc(Cl)c1)N1CCCC(N2CCCC2)C1. The van der Waals surface area contributed by atoms with Crippen molar-refractivity contribution in [3.8, 4) is 0 Å². The molecular formula is C14H20ClN3O2S. The molecule has 0 bridgehead atoms. The molecule has 0 N–H and O–H groups in total. The highest BCUT2D eigenvalue weighted by atomic mass is 35.5. The van der Waals surface area contributed by atoms with Gasteiger partial charge in [0.1, 0.15) is 5.15 Å². The van der Waals surface area contributed by atoms with E-state index in [1.165, 1.54) is 31.2 Å². The molecule has 0 aliphatic carbocycles. The lowest BCUT2D eigenvalue weighted by molar-refractivity contribution is 0.162. The van der Waals surface area contributed by atoms with E-state index in [1.54, 1.807) is 4.31 Å². The lowest BCUT2D eigenvalue weighted by atomic mass is 10.1. The fourth-order valence-electron chi connectivity index (χ4n) is 3.24. The summed E-state index contributed by atoms with van der Waals surface area (Å²) in [6.07, 6.45) is 5.89. The zero-order valence-electron chi connectivity index (χ0n) is 11.9. The monoisotopic (exact) mass is 329 g/mol. The molecule has 0 saturated carbocycles. The first-order valence-electron chi connectivity index (χ1n) is 7.43. The van der Waals surface area contributed by atoms with Crippen molar-refractivity contribution in [2.75, 3.05) is 26.2 Å². The Hall–Kier alpha value is -0.690. The smallest absolute Gasteiger partial charge is 0.243 e. The number of rotatable bonds is 3. The maximum Gasteiger partial charge on any atom is 0.243 e. The molecule has 1 aromatic rings. The standard InChI is InChI=1S/C14H20ClN3O2S/c15-14-10-13(5-6-16-14)21(19,20)18-9-3-4-12(11-18)17-7-1-2-8-17/h5-6,10,12H,1-4,7-9,11H2. The van der Waals surface area contributed by atoms with E-state index >= 15 is 0 Å². The molecule has 3 rings (SSSR count). The largest absolute Gasteiger partial charge is 0.299 e. The van der Waals surface area contributed by atoms with E-state index in [4.69, 9.17) is 11.6 Å². The van der Waals surface area contributed by atoms with Gasteiger partial charge in [-0.2, -0.15) is 4.31 Å². The van der Waals surface area contributed by atoms with Gasteiger partial charge in [0.2, 0.25) is 10.0 Å². The number of halogens is 1.